The lowest BCUT2D eigenvalue weighted by Gasteiger charge is -2.12. The topological polar surface area (TPSA) is 48.1 Å². The summed E-state index contributed by atoms with van der Waals surface area (Å²) in [7, 11) is 1.63. The van der Waals surface area contributed by atoms with Gasteiger partial charge in [0, 0.05) is 21.5 Å². The minimum atomic E-state index is -0.0538. The number of benzene rings is 1. The van der Waals surface area contributed by atoms with Crippen LogP contribution in [0, 0.1) is 13.8 Å². The Morgan fingerprint density at radius 1 is 1.37 bits per heavy atom. The second-order valence-corrected chi connectivity index (χ2v) is 6.18. The van der Waals surface area contributed by atoms with Crippen LogP contribution in [0.2, 0.25) is 5.02 Å². The van der Waals surface area contributed by atoms with Crippen LogP contribution in [0.3, 0.4) is 0 Å². The number of methoxy groups -OCH3 is 1. The highest BCUT2D eigenvalue weighted by Gasteiger charge is 2.18. The summed E-state index contributed by atoms with van der Waals surface area (Å²) in [5.41, 5.74) is 8.87. The number of thiazole rings is 1. The molecule has 1 heterocycles. The van der Waals surface area contributed by atoms with Crippen molar-refractivity contribution in [2.24, 2.45) is 5.73 Å². The first-order valence-electron chi connectivity index (χ1n) is 6.01. The molecule has 2 aromatic rings. The summed E-state index contributed by atoms with van der Waals surface area (Å²) in [6.45, 7) is 5.91. The van der Waals surface area contributed by atoms with Crippen LogP contribution >= 0.6 is 22.9 Å². The smallest absolute Gasteiger partial charge is 0.129 e. The number of aryl methyl sites for hydroxylation is 2. The molecule has 19 heavy (non-hydrogen) atoms. The molecule has 5 heteroatoms. The van der Waals surface area contributed by atoms with Crippen molar-refractivity contribution in [3.8, 4) is 17.0 Å². The normalized spacial score (nSPS) is 12.5. The fourth-order valence-corrected chi connectivity index (χ4v) is 3.01. The number of aromatic nitrogens is 1. The molecule has 0 bridgehead atoms. The van der Waals surface area contributed by atoms with Crippen molar-refractivity contribution < 1.29 is 4.74 Å². The van der Waals surface area contributed by atoms with E-state index >= 15 is 0 Å². The van der Waals surface area contributed by atoms with Crippen molar-refractivity contribution in [1.82, 2.24) is 4.98 Å². The Balaban J connectivity index is 2.67. The molecule has 1 unspecified atom stereocenters. The number of hydrogen-bond donors (Lipinski definition) is 1. The zero-order valence-electron chi connectivity index (χ0n) is 11.5. The molecule has 2 rings (SSSR count). The quantitative estimate of drug-likeness (QED) is 0.927. The van der Waals surface area contributed by atoms with Crippen LogP contribution in [0.15, 0.2) is 12.1 Å². The first-order chi connectivity index (χ1) is 8.93. The number of nitrogens with two attached hydrogens (primary N) is 1. The maximum Gasteiger partial charge on any atom is 0.129 e. The van der Waals surface area contributed by atoms with Crippen LogP contribution in [-0.2, 0) is 0 Å². The summed E-state index contributed by atoms with van der Waals surface area (Å²) < 4.78 is 5.42. The average Bonchev–Trinajstić information content (AvgIpc) is 2.74. The van der Waals surface area contributed by atoms with Crippen LogP contribution in [0.5, 0.6) is 5.75 Å². The maximum absolute atomic E-state index is 6.14. The highest BCUT2D eigenvalue weighted by molar-refractivity contribution is 7.12. The third-order valence-electron chi connectivity index (χ3n) is 2.91. The van der Waals surface area contributed by atoms with Gasteiger partial charge >= 0.3 is 0 Å². The van der Waals surface area contributed by atoms with Gasteiger partial charge in [-0.3, -0.25) is 0 Å². The second-order valence-electron chi connectivity index (χ2n) is 4.54. The third kappa shape index (κ3) is 2.76. The van der Waals surface area contributed by atoms with E-state index < -0.39 is 0 Å². The summed E-state index contributed by atoms with van der Waals surface area (Å²) >= 11 is 7.76. The van der Waals surface area contributed by atoms with Crippen molar-refractivity contribution in [2.45, 2.75) is 26.8 Å². The fraction of sp³-hybridized carbons (Fsp3) is 0.357. The molecule has 3 nitrogen and oxygen atoms in total. The molecule has 2 N–H and O–H groups in total. The largest absolute Gasteiger partial charge is 0.496 e. The van der Waals surface area contributed by atoms with E-state index in [1.165, 1.54) is 0 Å². The molecule has 1 aromatic heterocycles. The molecule has 102 valence electrons. The Morgan fingerprint density at radius 2 is 2.05 bits per heavy atom. The Morgan fingerprint density at radius 3 is 2.63 bits per heavy atom. The molecule has 0 saturated heterocycles. The molecule has 0 aliphatic carbocycles. The number of nitrogens with zero attached hydrogens (tertiary/aromatic N) is 1. The minimum absolute atomic E-state index is 0.0538. The Labute approximate surface area is 122 Å². The molecule has 0 saturated carbocycles. The molecule has 1 aromatic carbocycles. The number of hydrogen-bond acceptors (Lipinski definition) is 4. The summed E-state index contributed by atoms with van der Waals surface area (Å²) in [6.07, 6.45) is 0. The van der Waals surface area contributed by atoms with Gasteiger partial charge in [-0.05, 0) is 38.5 Å². The van der Waals surface area contributed by atoms with Crippen molar-refractivity contribution >= 4 is 22.9 Å². The van der Waals surface area contributed by atoms with Gasteiger partial charge in [-0.2, -0.15) is 0 Å². The zero-order valence-corrected chi connectivity index (χ0v) is 13.0. The van der Waals surface area contributed by atoms with Gasteiger partial charge in [0.05, 0.1) is 17.8 Å². The average molecular weight is 297 g/mol. The maximum atomic E-state index is 6.14. The highest BCUT2D eigenvalue weighted by Crippen LogP contribution is 2.39. The summed E-state index contributed by atoms with van der Waals surface area (Å²) in [4.78, 5) is 5.66. The van der Waals surface area contributed by atoms with Gasteiger partial charge in [-0.15, -0.1) is 11.3 Å². The predicted octanol–water partition coefficient (Wildman–Crippen LogP) is 4.11. The van der Waals surface area contributed by atoms with Gasteiger partial charge in [0.15, 0.2) is 0 Å². The van der Waals surface area contributed by atoms with Crippen molar-refractivity contribution in [2.75, 3.05) is 7.11 Å². The SMILES string of the molecule is COc1cc(Cl)c(C)cc1-c1nc(C)sc1C(C)N. The zero-order chi connectivity index (χ0) is 14.2. The van der Waals surface area contributed by atoms with E-state index in [1.807, 2.05) is 32.9 Å². The van der Waals surface area contributed by atoms with Crippen molar-refractivity contribution in [3.63, 3.8) is 0 Å². The van der Waals surface area contributed by atoms with Gasteiger partial charge in [-0.1, -0.05) is 11.6 Å². The van der Waals surface area contributed by atoms with Crippen molar-refractivity contribution in [1.29, 1.82) is 0 Å². The van der Waals surface area contributed by atoms with Gasteiger partial charge in [0.1, 0.15) is 5.75 Å². The van der Waals surface area contributed by atoms with Gasteiger partial charge < -0.3 is 10.5 Å². The minimum Gasteiger partial charge on any atom is -0.496 e. The molecular weight excluding hydrogens is 280 g/mol. The molecule has 0 aliphatic rings. The molecular formula is C14H17ClN2OS. The van der Waals surface area contributed by atoms with E-state index in [2.05, 4.69) is 4.98 Å². The molecule has 0 radical (unpaired) electrons. The Bertz CT molecular complexity index is 608. The summed E-state index contributed by atoms with van der Waals surface area (Å²) in [6, 6.07) is 3.77. The van der Waals surface area contributed by atoms with E-state index in [0.29, 0.717) is 5.02 Å². The standard InChI is InChI=1S/C14H17ClN2OS/c1-7-5-10(12(18-4)6-11(7)15)13-14(8(2)16)19-9(3)17-13/h5-6,8H,16H2,1-4H3. The molecule has 0 spiro atoms. The first kappa shape index (κ1) is 14.3. The second kappa shape index (κ2) is 5.49. The Kier molecular flexibility index (Phi) is 4.13. The van der Waals surface area contributed by atoms with E-state index in [0.717, 1.165) is 32.5 Å². The van der Waals surface area contributed by atoms with Crippen LogP contribution < -0.4 is 10.5 Å². The van der Waals surface area contributed by atoms with E-state index in [4.69, 9.17) is 22.1 Å². The molecule has 0 fully saturated rings. The number of halogens is 1. The first-order valence-corrected chi connectivity index (χ1v) is 7.21. The fourth-order valence-electron chi connectivity index (χ4n) is 1.96. The van der Waals surface area contributed by atoms with E-state index in [1.54, 1.807) is 18.4 Å². The molecule has 0 aliphatic heterocycles. The van der Waals surface area contributed by atoms with E-state index in [-0.39, 0.29) is 6.04 Å². The summed E-state index contributed by atoms with van der Waals surface area (Å²) in [5, 5.41) is 1.69. The predicted molar refractivity (Wildman–Crippen MR) is 81.2 cm³/mol. The van der Waals surface area contributed by atoms with Crippen LogP contribution in [0.25, 0.3) is 11.3 Å². The van der Waals surface area contributed by atoms with Gasteiger partial charge in [0.2, 0.25) is 0 Å². The van der Waals surface area contributed by atoms with Crippen LogP contribution in [-0.4, -0.2) is 12.1 Å². The highest BCUT2D eigenvalue weighted by atomic mass is 35.5. The van der Waals surface area contributed by atoms with Gasteiger partial charge in [0.25, 0.3) is 0 Å². The summed E-state index contributed by atoms with van der Waals surface area (Å²) in [5.74, 6) is 0.725. The lowest BCUT2D eigenvalue weighted by Crippen LogP contribution is -2.04. The van der Waals surface area contributed by atoms with Crippen LogP contribution in [0.1, 0.15) is 28.4 Å². The van der Waals surface area contributed by atoms with E-state index in [9.17, 15) is 0 Å². The van der Waals surface area contributed by atoms with Crippen molar-refractivity contribution in [3.05, 3.63) is 32.6 Å². The monoisotopic (exact) mass is 296 g/mol. The van der Waals surface area contributed by atoms with Crippen LogP contribution in [0.4, 0.5) is 0 Å². The molecule has 1 atom stereocenters. The third-order valence-corrected chi connectivity index (χ3v) is 4.49. The Hall–Kier alpha value is -1.10. The number of ether oxygens (including phenoxy) is 1. The lowest BCUT2D eigenvalue weighted by atomic mass is 10.0. The van der Waals surface area contributed by atoms with Gasteiger partial charge in [-0.25, -0.2) is 4.98 Å². The lowest BCUT2D eigenvalue weighted by molar-refractivity contribution is 0.416. The number of rotatable bonds is 3. The molecule has 0 amide bonds.